The highest BCUT2D eigenvalue weighted by Gasteiger charge is 2.22. The molecular weight excluding hydrogens is 282 g/mol. The fourth-order valence-electron chi connectivity index (χ4n) is 2.37. The lowest BCUT2D eigenvalue weighted by molar-refractivity contribution is -0.133. The number of nitrogens with zero attached hydrogens (tertiary/aromatic N) is 5. The van der Waals surface area contributed by atoms with Gasteiger partial charge in [0, 0.05) is 24.5 Å². The maximum atomic E-state index is 12.4. The minimum Gasteiger partial charge on any atom is -0.389 e. The Balaban J connectivity index is 2.19. The first-order valence-corrected chi connectivity index (χ1v) is 7.39. The molecule has 2 aromatic rings. The summed E-state index contributed by atoms with van der Waals surface area (Å²) in [5.74, 6) is 0.848. The van der Waals surface area contributed by atoms with Gasteiger partial charge in [0.05, 0.1) is 12.0 Å². The standard InChI is InChI=1S/C15H23N5O2/c1-6-19(9-15(4,5)22)13(21)8-12-17-14-16-10(2)7-11(3)20(14)18-12/h7,22H,6,8-9H2,1-5H3. The SMILES string of the molecule is CCN(CC(C)(C)O)C(=O)Cc1nc2nc(C)cc(C)n2n1. The van der Waals surface area contributed by atoms with Gasteiger partial charge in [0.1, 0.15) is 0 Å². The zero-order chi connectivity index (χ0) is 16.5. The molecule has 0 saturated carbocycles. The number of aromatic nitrogens is 4. The van der Waals surface area contributed by atoms with E-state index < -0.39 is 5.60 Å². The van der Waals surface area contributed by atoms with Crippen molar-refractivity contribution in [1.29, 1.82) is 0 Å². The second kappa shape index (κ2) is 6.00. The zero-order valence-corrected chi connectivity index (χ0v) is 13.8. The number of aryl methyl sites for hydroxylation is 2. The van der Waals surface area contributed by atoms with Gasteiger partial charge < -0.3 is 10.0 Å². The molecule has 0 saturated heterocycles. The van der Waals surface area contributed by atoms with Gasteiger partial charge in [-0.25, -0.2) is 9.50 Å². The lowest BCUT2D eigenvalue weighted by Crippen LogP contribution is -2.42. The van der Waals surface area contributed by atoms with Gasteiger partial charge in [-0.2, -0.15) is 4.98 Å². The highest BCUT2D eigenvalue weighted by molar-refractivity contribution is 5.78. The Morgan fingerprint density at radius 3 is 2.64 bits per heavy atom. The first-order chi connectivity index (χ1) is 10.2. The summed E-state index contributed by atoms with van der Waals surface area (Å²) in [4.78, 5) is 22.6. The molecule has 1 N–H and O–H groups in total. The van der Waals surface area contributed by atoms with Crippen molar-refractivity contribution in [2.75, 3.05) is 13.1 Å². The summed E-state index contributed by atoms with van der Waals surface area (Å²) in [6.07, 6.45) is 0.103. The Bertz CT molecular complexity index is 687. The summed E-state index contributed by atoms with van der Waals surface area (Å²) in [5, 5.41) is 14.2. The molecule has 0 spiro atoms. The third-order valence-corrected chi connectivity index (χ3v) is 3.28. The largest absolute Gasteiger partial charge is 0.389 e. The molecule has 0 radical (unpaired) electrons. The summed E-state index contributed by atoms with van der Waals surface area (Å²) in [6, 6.07) is 1.92. The highest BCUT2D eigenvalue weighted by atomic mass is 16.3. The van der Waals surface area contributed by atoms with E-state index in [1.807, 2.05) is 26.8 Å². The predicted octanol–water partition coefficient (Wildman–Crippen LogP) is 0.903. The van der Waals surface area contributed by atoms with Gasteiger partial charge >= 0.3 is 0 Å². The normalized spacial score (nSPS) is 11.9. The van der Waals surface area contributed by atoms with Gasteiger partial charge in [0.2, 0.25) is 5.91 Å². The van der Waals surface area contributed by atoms with Crippen LogP contribution in [0.15, 0.2) is 6.07 Å². The molecule has 0 aliphatic rings. The van der Waals surface area contributed by atoms with Gasteiger partial charge in [-0.05, 0) is 40.7 Å². The second-order valence-corrected chi connectivity index (χ2v) is 6.18. The van der Waals surface area contributed by atoms with E-state index in [2.05, 4.69) is 15.1 Å². The molecule has 0 unspecified atom stereocenters. The van der Waals surface area contributed by atoms with Crippen molar-refractivity contribution in [3.8, 4) is 0 Å². The van der Waals surface area contributed by atoms with E-state index >= 15 is 0 Å². The van der Waals surface area contributed by atoms with Crippen LogP contribution in [0.1, 0.15) is 38.0 Å². The molecule has 7 heteroatoms. The molecule has 2 aromatic heterocycles. The third-order valence-electron chi connectivity index (χ3n) is 3.28. The Morgan fingerprint density at radius 1 is 1.36 bits per heavy atom. The number of amides is 1. The lowest BCUT2D eigenvalue weighted by Gasteiger charge is -2.27. The van der Waals surface area contributed by atoms with E-state index in [0.29, 0.717) is 18.1 Å². The Kier molecular flexibility index (Phi) is 4.46. The number of carbonyl (C=O) groups excluding carboxylic acids is 1. The first-order valence-electron chi connectivity index (χ1n) is 7.39. The van der Waals surface area contributed by atoms with Crippen molar-refractivity contribution >= 4 is 11.7 Å². The molecule has 120 valence electrons. The van der Waals surface area contributed by atoms with Crippen molar-refractivity contribution in [2.45, 2.75) is 46.6 Å². The van der Waals surface area contributed by atoms with Crippen LogP contribution in [0.5, 0.6) is 0 Å². The van der Waals surface area contributed by atoms with Crippen molar-refractivity contribution in [3.05, 3.63) is 23.3 Å². The molecule has 0 atom stereocenters. The van der Waals surface area contributed by atoms with Crippen LogP contribution in [0.2, 0.25) is 0 Å². The Labute approximate surface area is 130 Å². The molecule has 0 aromatic carbocycles. The van der Waals surface area contributed by atoms with Crippen LogP contribution in [-0.2, 0) is 11.2 Å². The van der Waals surface area contributed by atoms with E-state index in [0.717, 1.165) is 11.4 Å². The van der Waals surface area contributed by atoms with E-state index in [-0.39, 0.29) is 18.9 Å². The monoisotopic (exact) mass is 305 g/mol. The van der Waals surface area contributed by atoms with Gasteiger partial charge in [-0.15, -0.1) is 5.10 Å². The predicted molar refractivity (Wildman–Crippen MR) is 82.5 cm³/mol. The minimum absolute atomic E-state index is 0.102. The molecule has 1 amide bonds. The molecule has 2 heterocycles. The maximum Gasteiger partial charge on any atom is 0.252 e. The summed E-state index contributed by atoms with van der Waals surface area (Å²) < 4.78 is 1.64. The topological polar surface area (TPSA) is 83.6 Å². The second-order valence-electron chi connectivity index (χ2n) is 6.18. The number of likely N-dealkylation sites (N-methyl/N-ethyl adjacent to an activating group) is 1. The fraction of sp³-hybridized carbons (Fsp3) is 0.600. The van der Waals surface area contributed by atoms with E-state index in [1.54, 1.807) is 23.3 Å². The van der Waals surface area contributed by atoms with Crippen molar-refractivity contribution in [2.24, 2.45) is 0 Å². The van der Waals surface area contributed by atoms with Crippen molar-refractivity contribution < 1.29 is 9.90 Å². The van der Waals surface area contributed by atoms with Gasteiger partial charge in [-0.3, -0.25) is 4.79 Å². The molecule has 2 rings (SSSR count). The smallest absolute Gasteiger partial charge is 0.252 e. The van der Waals surface area contributed by atoms with E-state index in [1.165, 1.54) is 0 Å². The van der Waals surface area contributed by atoms with Crippen LogP contribution in [0.3, 0.4) is 0 Å². The highest BCUT2D eigenvalue weighted by Crippen LogP contribution is 2.09. The van der Waals surface area contributed by atoms with Crippen molar-refractivity contribution in [1.82, 2.24) is 24.5 Å². The van der Waals surface area contributed by atoms with Crippen LogP contribution in [-0.4, -0.2) is 54.2 Å². The fourth-order valence-corrected chi connectivity index (χ4v) is 2.37. The molecule has 0 bridgehead atoms. The van der Waals surface area contributed by atoms with Crippen molar-refractivity contribution in [3.63, 3.8) is 0 Å². The van der Waals surface area contributed by atoms with Gasteiger partial charge in [-0.1, -0.05) is 0 Å². The molecule has 0 fully saturated rings. The molecule has 0 aliphatic heterocycles. The van der Waals surface area contributed by atoms with Crippen LogP contribution in [0, 0.1) is 13.8 Å². The molecular formula is C15H23N5O2. The average molecular weight is 305 g/mol. The number of rotatable bonds is 5. The Hall–Kier alpha value is -2.02. The van der Waals surface area contributed by atoms with Gasteiger partial charge in [0.15, 0.2) is 5.82 Å². The molecule has 7 nitrogen and oxygen atoms in total. The Morgan fingerprint density at radius 2 is 2.05 bits per heavy atom. The molecule has 22 heavy (non-hydrogen) atoms. The summed E-state index contributed by atoms with van der Waals surface area (Å²) >= 11 is 0. The van der Waals surface area contributed by atoms with E-state index in [9.17, 15) is 9.90 Å². The first kappa shape index (κ1) is 16.4. The zero-order valence-electron chi connectivity index (χ0n) is 13.8. The molecule has 0 aliphatic carbocycles. The summed E-state index contributed by atoms with van der Waals surface area (Å²) in [6.45, 7) is 9.89. The van der Waals surface area contributed by atoms with Crippen LogP contribution >= 0.6 is 0 Å². The van der Waals surface area contributed by atoms with Gasteiger partial charge in [0.25, 0.3) is 5.78 Å². The summed E-state index contributed by atoms with van der Waals surface area (Å²) in [7, 11) is 0. The lowest BCUT2D eigenvalue weighted by atomic mass is 10.1. The number of hydrogen-bond acceptors (Lipinski definition) is 5. The average Bonchev–Trinajstić information content (AvgIpc) is 2.77. The quantitative estimate of drug-likeness (QED) is 0.887. The van der Waals surface area contributed by atoms with Crippen LogP contribution in [0.4, 0.5) is 0 Å². The minimum atomic E-state index is -0.923. The number of carbonyl (C=O) groups is 1. The van der Waals surface area contributed by atoms with Crippen LogP contribution < -0.4 is 0 Å². The summed E-state index contributed by atoms with van der Waals surface area (Å²) in [5.41, 5.74) is 0.873. The number of aliphatic hydroxyl groups is 1. The number of fused-ring (bicyclic) bond motifs is 1. The number of hydrogen-bond donors (Lipinski definition) is 1. The maximum absolute atomic E-state index is 12.4. The van der Waals surface area contributed by atoms with E-state index in [4.69, 9.17) is 0 Å². The van der Waals surface area contributed by atoms with Crippen LogP contribution in [0.25, 0.3) is 5.78 Å². The third kappa shape index (κ3) is 3.79.